The van der Waals surface area contributed by atoms with Gasteiger partial charge in [-0.1, -0.05) is 12.1 Å². The summed E-state index contributed by atoms with van der Waals surface area (Å²) in [6.07, 6.45) is 4.04. The number of hydrogen-bond acceptors (Lipinski definition) is 2. The highest BCUT2D eigenvalue weighted by Crippen LogP contribution is 2.20. The third-order valence-electron chi connectivity index (χ3n) is 5.48. The van der Waals surface area contributed by atoms with E-state index in [-0.39, 0.29) is 30.8 Å². The van der Waals surface area contributed by atoms with Gasteiger partial charge < -0.3 is 34.5 Å². The average Bonchev–Trinajstić information content (AvgIpc) is 3.14. The maximum Gasteiger partial charge on any atom is 0.374 e. The summed E-state index contributed by atoms with van der Waals surface area (Å²) in [7, 11) is 0. The number of aromatic amines is 1. The number of imidazole rings is 2. The van der Waals surface area contributed by atoms with Crippen LogP contribution in [0, 0.1) is 6.92 Å². The van der Waals surface area contributed by atoms with Crippen molar-refractivity contribution < 1.29 is 43.8 Å². The summed E-state index contributed by atoms with van der Waals surface area (Å²) in [6.45, 7) is 8.75. The van der Waals surface area contributed by atoms with Crippen LogP contribution in [0.3, 0.4) is 0 Å². The molecule has 0 atom stereocenters. The third kappa shape index (κ3) is 4.00. The molecule has 1 aliphatic heterocycles. The van der Waals surface area contributed by atoms with E-state index in [1.807, 2.05) is 24.3 Å². The molecule has 0 aliphatic carbocycles. The normalized spacial score (nSPS) is 14.6. The minimum atomic E-state index is -0.272. The zero-order valence-electron chi connectivity index (χ0n) is 16.4. The van der Waals surface area contributed by atoms with Gasteiger partial charge in [-0.2, -0.15) is 4.40 Å². The van der Waals surface area contributed by atoms with Crippen molar-refractivity contribution in [2.24, 2.45) is 0 Å². The maximum atomic E-state index is 12.5. The zero-order chi connectivity index (χ0) is 18.1. The highest BCUT2D eigenvalue weighted by molar-refractivity contribution is 5.92. The molecule has 2 aromatic heterocycles. The molecule has 8 heteroatoms. The number of carbonyl (C=O) groups is 1. The number of aryl methyl sites for hydroxylation is 1. The van der Waals surface area contributed by atoms with Crippen molar-refractivity contribution in [1.82, 2.24) is 9.38 Å². The van der Waals surface area contributed by atoms with Crippen molar-refractivity contribution in [3.8, 4) is 0 Å². The lowest BCUT2D eigenvalue weighted by Gasteiger charge is -2.22. The molecule has 154 valence electrons. The zero-order valence-corrected chi connectivity index (χ0v) is 17.9. The summed E-state index contributed by atoms with van der Waals surface area (Å²) in [5.41, 5.74) is 3.65. The molecule has 1 aromatic carbocycles. The number of nitrogens with one attached hydrogen (secondary N) is 2. The average molecular weight is 427 g/mol. The van der Waals surface area contributed by atoms with Crippen LogP contribution in [0.25, 0.3) is 16.8 Å². The molecule has 3 heterocycles. The molecule has 3 aromatic rings. The fourth-order valence-corrected chi connectivity index (χ4v) is 4.22. The van der Waals surface area contributed by atoms with Gasteiger partial charge in [0.05, 0.1) is 19.7 Å². The first-order valence-corrected chi connectivity index (χ1v) is 9.73. The van der Waals surface area contributed by atoms with Crippen LogP contribution in [0.5, 0.6) is 0 Å². The van der Waals surface area contributed by atoms with Gasteiger partial charge in [-0.3, -0.25) is 0 Å². The van der Waals surface area contributed by atoms with Crippen molar-refractivity contribution in [2.45, 2.75) is 39.7 Å². The number of aromatic nitrogens is 3. The largest absolute Gasteiger partial charge is 1.00 e. The third-order valence-corrected chi connectivity index (χ3v) is 5.48. The summed E-state index contributed by atoms with van der Waals surface area (Å²) in [4.78, 5) is 17.6. The van der Waals surface area contributed by atoms with E-state index >= 15 is 0 Å². The molecule has 4 rings (SSSR count). The van der Waals surface area contributed by atoms with E-state index in [0.717, 1.165) is 35.6 Å². The van der Waals surface area contributed by atoms with Crippen LogP contribution in [0.2, 0.25) is 0 Å². The summed E-state index contributed by atoms with van der Waals surface area (Å²) < 4.78 is 9.63. The SMILES string of the molecule is CCOC(=O)c1c(C)[nH]c2n1c1ccccc1[n+]2CC[NH+]1CCCCC1.[Cl-].[Cl-]. The van der Waals surface area contributed by atoms with Gasteiger partial charge in [-0.15, -0.1) is 0 Å². The molecule has 1 saturated heterocycles. The summed E-state index contributed by atoms with van der Waals surface area (Å²) in [5.74, 6) is 0.689. The van der Waals surface area contributed by atoms with Crippen molar-refractivity contribution in [1.29, 1.82) is 0 Å². The minimum absolute atomic E-state index is 0. The van der Waals surface area contributed by atoms with E-state index in [1.54, 1.807) is 4.90 Å². The Bertz CT molecular complexity index is 945. The topological polar surface area (TPSA) is 54.8 Å². The summed E-state index contributed by atoms with van der Waals surface area (Å²) in [6, 6.07) is 8.28. The Kier molecular flexibility index (Phi) is 7.75. The van der Waals surface area contributed by atoms with E-state index in [2.05, 4.69) is 27.8 Å². The lowest BCUT2D eigenvalue weighted by Crippen LogP contribution is -3.13. The van der Waals surface area contributed by atoms with Crippen LogP contribution < -0.4 is 34.3 Å². The standard InChI is InChI=1S/C20H26N4O2.2ClH/c1-3-26-19(25)18-15(2)21-20-23(14-13-22-11-7-4-8-12-22)16-9-5-6-10-17(16)24(18)20;;/h5-6,9-10H,3-4,7-8,11-14H2,1-2H3;2*1H. The van der Waals surface area contributed by atoms with Gasteiger partial charge in [0.25, 0.3) is 0 Å². The number of quaternary nitrogens is 1. The second kappa shape index (κ2) is 9.63. The molecule has 1 fully saturated rings. The van der Waals surface area contributed by atoms with Gasteiger partial charge >= 0.3 is 11.7 Å². The first kappa shape index (κ1) is 22.5. The predicted octanol–water partition coefficient (Wildman–Crippen LogP) is -4.73. The summed E-state index contributed by atoms with van der Waals surface area (Å²) in [5, 5.41) is 0. The van der Waals surface area contributed by atoms with E-state index in [9.17, 15) is 4.79 Å². The lowest BCUT2D eigenvalue weighted by molar-refractivity contribution is -0.920. The van der Waals surface area contributed by atoms with Crippen LogP contribution in [0.1, 0.15) is 42.4 Å². The number of benzene rings is 1. The van der Waals surface area contributed by atoms with Crippen LogP contribution in [0.4, 0.5) is 0 Å². The highest BCUT2D eigenvalue weighted by Gasteiger charge is 2.30. The summed E-state index contributed by atoms with van der Waals surface area (Å²) >= 11 is 0. The number of nitrogens with zero attached hydrogens (tertiary/aromatic N) is 2. The molecule has 0 saturated carbocycles. The van der Waals surface area contributed by atoms with Gasteiger partial charge in [0, 0.05) is 0 Å². The van der Waals surface area contributed by atoms with E-state index in [1.165, 1.54) is 32.4 Å². The number of hydrogen-bond donors (Lipinski definition) is 2. The molecule has 0 radical (unpaired) electrons. The van der Waals surface area contributed by atoms with Crippen molar-refractivity contribution in [3.63, 3.8) is 0 Å². The molecule has 0 amide bonds. The molecule has 2 N–H and O–H groups in total. The van der Waals surface area contributed by atoms with Crippen LogP contribution >= 0.6 is 0 Å². The number of rotatable bonds is 5. The van der Waals surface area contributed by atoms with Gasteiger partial charge in [0.1, 0.15) is 29.8 Å². The number of likely N-dealkylation sites (tertiary alicyclic amines) is 1. The second-order valence-corrected chi connectivity index (χ2v) is 7.18. The second-order valence-electron chi connectivity index (χ2n) is 7.18. The Morgan fingerprint density at radius 3 is 2.64 bits per heavy atom. The number of halogens is 2. The molecular weight excluding hydrogens is 399 g/mol. The Hall–Kier alpha value is -1.76. The fourth-order valence-electron chi connectivity index (χ4n) is 4.22. The first-order chi connectivity index (χ1) is 12.7. The smallest absolute Gasteiger partial charge is 0.374 e. The van der Waals surface area contributed by atoms with E-state index in [4.69, 9.17) is 4.74 Å². The predicted molar refractivity (Wildman–Crippen MR) is 99.6 cm³/mol. The van der Waals surface area contributed by atoms with Gasteiger partial charge in [0.2, 0.25) is 5.69 Å². The lowest BCUT2D eigenvalue weighted by atomic mass is 10.1. The number of piperidine rings is 1. The molecule has 28 heavy (non-hydrogen) atoms. The van der Waals surface area contributed by atoms with Gasteiger partial charge in [0.15, 0.2) is 0 Å². The maximum absolute atomic E-state index is 12.5. The molecular formula is C20H28Cl2N4O2. The minimum Gasteiger partial charge on any atom is -1.00 e. The molecule has 0 unspecified atom stereocenters. The van der Waals surface area contributed by atoms with Crippen molar-refractivity contribution in [2.75, 3.05) is 26.2 Å². The van der Waals surface area contributed by atoms with Gasteiger partial charge in [-0.05, 0) is 45.2 Å². The number of fused-ring (bicyclic) bond motifs is 3. The van der Waals surface area contributed by atoms with Crippen LogP contribution in [-0.4, -0.2) is 41.6 Å². The van der Waals surface area contributed by atoms with Crippen molar-refractivity contribution >= 4 is 22.8 Å². The van der Waals surface area contributed by atoms with Gasteiger partial charge in [-0.25, -0.2) is 14.3 Å². The Morgan fingerprint density at radius 1 is 1.21 bits per heavy atom. The molecule has 6 nitrogen and oxygen atoms in total. The number of esters is 1. The quantitative estimate of drug-likeness (QED) is 0.318. The van der Waals surface area contributed by atoms with Crippen LogP contribution in [-0.2, 0) is 11.3 Å². The molecule has 1 aliphatic rings. The Balaban J connectivity index is 0.00000140. The van der Waals surface area contributed by atoms with Crippen molar-refractivity contribution in [3.05, 3.63) is 35.7 Å². The monoisotopic (exact) mass is 426 g/mol. The molecule has 0 spiro atoms. The number of para-hydroxylation sites is 2. The Labute approximate surface area is 177 Å². The van der Waals surface area contributed by atoms with E-state index in [0.29, 0.717) is 12.3 Å². The fraction of sp³-hybridized carbons (Fsp3) is 0.500. The van der Waals surface area contributed by atoms with Crippen LogP contribution in [0.15, 0.2) is 24.3 Å². The number of carbonyl (C=O) groups excluding carboxylic acids is 1. The highest BCUT2D eigenvalue weighted by atomic mass is 35.5. The Morgan fingerprint density at radius 2 is 1.93 bits per heavy atom. The first-order valence-electron chi connectivity index (χ1n) is 9.73. The number of ether oxygens (including phenoxy) is 1. The number of H-pyrrole nitrogens is 1. The van der Waals surface area contributed by atoms with E-state index < -0.39 is 0 Å². The molecule has 0 bridgehead atoms.